The first-order chi connectivity index (χ1) is 44.8. The highest BCUT2D eigenvalue weighted by Gasteiger charge is 2.30. The predicted octanol–water partition coefficient (Wildman–Crippen LogP) is 21.4. The van der Waals surface area contributed by atoms with Crippen LogP contribution in [0.1, 0.15) is 376 Å². The van der Waals surface area contributed by atoms with Crippen molar-refractivity contribution in [3.05, 3.63) is 0 Å². The minimum Gasteiger partial charge on any atom is -0.462 e. The first-order valence-corrected chi connectivity index (χ1v) is 41.4. The molecule has 17 nitrogen and oxygen atoms in total. The van der Waals surface area contributed by atoms with Crippen molar-refractivity contribution in [2.45, 2.75) is 394 Å². The van der Waals surface area contributed by atoms with Gasteiger partial charge in [0.15, 0.2) is 12.2 Å². The molecule has 0 spiro atoms. The molecule has 0 aliphatic carbocycles. The van der Waals surface area contributed by atoms with E-state index in [-0.39, 0.29) is 25.7 Å². The van der Waals surface area contributed by atoms with Crippen molar-refractivity contribution in [1.82, 2.24) is 0 Å². The Balaban J connectivity index is 5.24. The van der Waals surface area contributed by atoms with Crippen molar-refractivity contribution in [1.29, 1.82) is 0 Å². The minimum atomic E-state index is -4.96. The molecular weight excluding hydrogens is 1220 g/mol. The van der Waals surface area contributed by atoms with E-state index in [4.69, 9.17) is 37.0 Å². The van der Waals surface area contributed by atoms with E-state index in [0.29, 0.717) is 25.7 Å². The van der Waals surface area contributed by atoms with Gasteiger partial charge in [0.2, 0.25) is 0 Å². The molecule has 93 heavy (non-hydrogen) atoms. The van der Waals surface area contributed by atoms with Crippen molar-refractivity contribution < 1.29 is 80.2 Å². The van der Waals surface area contributed by atoms with Gasteiger partial charge in [0.25, 0.3) is 0 Å². The van der Waals surface area contributed by atoms with Crippen molar-refractivity contribution in [3.8, 4) is 0 Å². The lowest BCUT2D eigenvalue weighted by molar-refractivity contribution is -0.161. The lowest BCUT2D eigenvalue weighted by Gasteiger charge is -2.21. The molecule has 0 aliphatic heterocycles. The van der Waals surface area contributed by atoms with Crippen LogP contribution in [0.5, 0.6) is 0 Å². The number of aliphatic hydroxyl groups is 1. The normalized spacial score (nSPS) is 14.4. The van der Waals surface area contributed by atoms with Crippen LogP contribution in [0.15, 0.2) is 0 Å². The molecule has 0 aromatic rings. The van der Waals surface area contributed by atoms with E-state index in [1.807, 2.05) is 0 Å². The molecule has 0 fully saturated rings. The Morgan fingerprint density at radius 1 is 0.312 bits per heavy atom. The van der Waals surface area contributed by atoms with Gasteiger partial charge in [-0.1, -0.05) is 325 Å². The standard InChI is InChI=1S/C74H144O17P2/c1-8-10-11-12-13-24-34-41-48-55-71(76)84-61-70(91-74(79)58-51-44-37-30-29-33-40-47-54-67(7)9-2)64-89-93(82,83)87-60-68(75)59-86-92(80,81)88-63-69(62-85-72(77)56-49-42-35-27-22-19-18-21-26-32-39-46-53-66(5)6)90-73(78)57-50-43-36-28-23-17-15-14-16-20-25-31-38-45-52-65(3)4/h65-70,75H,8-64H2,1-7H3,(H,80,81)(H,82,83)/t67?,68-,69-,70-/m1/s1. The smallest absolute Gasteiger partial charge is 0.462 e. The van der Waals surface area contributed by atoms with Crippen LogP contribution in [-0.2, 0) is 65.4 Å². The molecule has 3 N–H and O–H groups in total. The van der Waals surface area contributed by atoms with Gasteiger partial charge in [-0.2, -0.15) is 0 Å². The second-order valence-electron chi connectivity index (χ2n) is 27.9. The number of hydrogen-bond donors (Lipinski definition) is 3. The fourth-order valence-electron chi connectivity index (χ4n) is 11.2. The Kier molecular flexibility index (Phi) is 63.4. The third-order valence-corrected chi connectivity index (χ3v) is 19.4. The summed E-state index contributed by atoms with van der Waals surface area (Å²) in [6.07, 6.45) is 49.9. The van der Waals surface area contributed by atoms with Crippen LogP contribution in [-0.4, -0.2) is 96.7 Å². The summed E-state index contributed by atoms with van der Waals surface area (Å²) in [7, 11) is -9.91. The molecule has 0 aliphatic rings. The molecule has 0 aromatic carbocycles. The van der Waals surface area contributed by atoms with Crippen LogP contribution in [0.4, 0.5) is 0 Å². The SMILES string of the molecule is CCCCCCCCCCCC(=O)OC[C@H](COP(=O)(O)OC[C@H](O)COP(=O)(O)OC[C@@H](COC(=O)CCCCCCCCCCCCCCC(C)C)OC(=O)CCCCCCCCCCCCCCCCC(C)C)OC(=O)CCCCCCCCCCC(C)CC. The Labute approximate surface area is 568 Å². The summed E-state index contributed by atoms with van der Waals surface area (Å²) < 4.78 is 68.4. The van der Waals surface area contributed by atoms with Gasteiger partial charge in [0.1, 0.15) is 19.3 Å². The van der Waals surface area contributed by atoms with E-state index in [2.05, 4.69) is 48.5 Å². The van der Waals surface area contributed by atoms with Gasteiger partial charge in [0.05, 0.1) is 26.4 Å². The van der Waals surface area contributed by atoms with Crippen LogP contribution < -0.4 is 0 Å². The third kappa shape index (κ3) is 67.0. The average molecular weight is 1370 g/mol. The molecule has 0 rings (SSSR count). The van der Waals surface area contributed by atoms with Gasteiger partial charge in [-0.3, -0.25) is 37.3 Å². The fraction of sp³-hybridized carbons (Fsp3) is 0.946. The van der Waals surface area contributed by atoms with Gasteiger partial charge in [-0.25, -0.2) is 9.13 Å². The lowest BCUT2D eigenvalue weighted by Crippen LogP contribution is -2.30. The minimum absolute atomic E-state index is 0.105. The number of carbonyl (C=O) groups is 4. The third-order valence-electron chi connectivity index (χ3n) is 17.5. The summed E-state index contributed by atoms with van der Waals surface area (Å²) in [5.41, 5.74) is 0. The van der Waals surface area contributed by atoms with Crippen molar-refractivity contribution >= 4 is 39.5 Å². The summed E-state index contributed by atoms with van der Waals surface area (Å²) in [4.78, 5) is 72.7. The van der Waals surface area contributed by atoms with E-state index < -0.39 is 97.5 Å². The number of phosphoric ester groups is 2. The van der Waals surface area contributed by atoms with Crippen molar-refractivity contribution in [3.63, 3.8) is 0 Å². The maximum absolute atomic E-state index is 13.1. The van der Waals surface area contributed by atoms with Crippen LogP contribution >= 0.6 is 15.6 Å². The number of rotatable bonds is 72. The van der Waals surface area contributed by atoms with E-state index in [9.17, 15) is 43.2 Å². The molecule has 3 unspecified atom stereocenters. The largest absolute Gasteiger partial charge is 0.472 e. The zero-order valence-corrected chi connectivity index (χ0v) is 62.5. The summed E-state index contributed by atoms with van der Waals surface area (Å²) in [6, 6.07) is 0. The average Bonchev–Trinajstić information content (AvgIpc) is 2.40. The summed E-state index contributed by atoms with van der Waals surface area (Å²) >= 11 is 0. The molecule has 0 bridgehead atoms. The highest BCUT2D eigenvalue weighted by atomic mass is 31.2. The van der Waals surface area contributed by atoms with Gasteiger partial charge in [-0.15, -0.1) is 0 Å². The number of esters is 4. The van der Waals surface area contributed by atoms with Gasteiger partial charge < -0.3 is 33.8 Å². The molecule has 0 saturated heterocycles. The number of ether oxygens (including phenoxy) is 4. The van der Waals surface area contributed by atoms with E-state index in [1.54, 1.807) is 0 Å². The molecule has 552 valence electrons. The summed E-state index contributed by atoms with van der Waals surface area (Å²) in [5, 5.41) is 10.6. The van der Waals surface area contributed by atoms with E-state index in [1.165, 1.54) is 186 Å². The lowest BCUT2D eigenvalue weighted by atomic mass is 9.99. The van der Waals surface area contributed by atoms with E-state index >= 15 is 0 Å². The molecule has 19 heteroatoms. The summed E-state index contributed by atoms with van der Waals surface area (Å²) in [6.45, 7) is 11.9. The van der Waals surface area contributed by atoms with Crippen molar-refractivity contribution in [2.75, 3.05) is 39.6 Å². The second kappa shape index (κ2) is 64.7. The second-order valence-corrected chi connectivity index (χ2v) is 30.8. The monoisotopic (exact) mass is 1370 g/mol. The Morgan fingerprint density at radius 2 is 0.548 bits per heavy atom. The molecule has 0 radical (unpaired) electrons. The van der Waals surface area contributed by atoms with Gasteiger partial charge >= 0.3 is 39.5 Å². The van der Waals surface area contributed by atoms with Crippen LogP contribution in [0, 0.1) is 17.8 Å². The number of unbranched alkanes of at least 4 members (excludes halogenated alkanes) is 39. The number of hydrogen-bond acceptors (Lipinski definition) is 15. The van der Waals surface area contributed by atoms with Crippen LogP contribution in [0.3, 0.4) is 0 Å². The van der Waals surface area contributed by atoms with E-state index in [0.717, 1.165) is 108 Å². The van der Waals surface area contributed by atoms with Gasteiger partial charge in [-0.05, 0) is 43.4 Å². The number of carbonyl (C=O) groups excluding carboxylic acids is 4. The highest BCUT2D eigenvalue weighted by Crippen LogP contribution is 2.45. The molecule has 6 atom stereocenters. The highest BCUT2D eigenvalue weighted by molar-refractivity contribution is 7.47. The number of aliphatic hydroxyl groups excluding tert-OH is 1. The molecule has 0 saturated carbocycles. The fourth-order valence-corrected chi connectivity index (χ4v) is 12.8. The Morgan fingerprint density at radius 3 is 0.817 bits per heavy atom. The molecule has 0 amide bonds. The molecular formula is C74H144O17P2. The first kappa shape index (κ1) is 91.1. The van der Waals surface area contributed by atoms with Crippen LogP contribution in [0.25, 0.3) is 0 Å². The maximum Gasteiger partial charge on any atom is 0.472 e. The Bertz CT molecular complexity index is 1820. The molecule has 0 heterocycles. The molecule has 0 aromatic heterocycles. The van der Waals surface area contributed by atoms with Crippen LogP contribution in [0.2, 0.25) is 0 Å². The van der Waals surface area contributed by atoms with Crippen molar-refractivity contribution in [2.24, 2.45) is 17.8 Å². The quantitative estimate of drug-likeness (QED) is 0.0222. The topological polar surface area (TPSA) is 237 Å². The zero-order chi connectivity index (χ0) is 68.7. The maximum atomic E-state index is 13.1. The zero-order valence-electron chi connectivity index (χ0n) is 60.7. The number of phosphoric acid groups is 2. The first-order valence-electron chi connectivity index (χ1n) is 38.4. The Hall–Kier alpha value is -1.94. The predicted molar refractivity (Wildman–Crippen MR) is 377 cm³/mol. The van der Waals surface area contributed by atoms with Gasteiger partial charge in [0, 0.05) is 25.7 Å². The summed E-state index contributed by atoms with van der Waals surface area (Å²) in [5.74, 6) is 0.225.